The van der Waals surface area contributed by atoms with E-state index in [2.05, 4.69) is 4.90 Å². The van der Waals surface area contributed by atoms with Crippen molar-refractivity contribution in [2.24, 2.45) is 5.73 Å². The van der Waals surface area contributed by atoms with Crippen molar-refractivity contribution in [2.75, 3.05) is 25.1 Å². The molecule has 0 aliphatic heterocycles. The molecule has 2 aromatic carbocycles. The Bertz CT molecular complexity index is 589. The lowest BCUT2D eigenvalue weighted by Gasteiger charge is -2.32. The first-order valence-electron chi connectivity index (χ1n) is 7.05. The Morgan fingerprint density at radius 2 is 1.95 bits per heavy atom. The van der Waals surface area contributed by atoms with E-state index in [0.717, 1.165) is 23.5 Å². The summed E-state index contributed by atoms with van der Waals surface area (Å²) in [7, 11) is 1.64. The summed E-state index contributed by atoms with van der Waals surface area (Å²) in [5, 5.41) is 0. The smallest absolute Gasteiger partial charge is 0.125 e. The predicted octanol–water partition coefficient (Wildman–Crippen LogP) is 3.36. The van der Waals surface area contributed by atoms with Gasteiger partial charge in [-0.2, -0.15) is 0 Å². The Labute approximate surface area is 125 Å². The molecule has 0 heterocycles. The molecule has 0 radical (unpaired) electrons. The van der Waals surface area contributed by atoms with Gasteiger partial charge in [0.05, 0.1) is 13.2 Å². The molecule has 2 N–H and O–H groups in total. The van der Waals surface area contributed by atoms with Crippen LogP contribution in [0, 0.1) is 5.82 Å². The van der Waals surface area contributed by atoms with Gasteiger partial charge in [0.1, 0.15) is 11.6 Å². The van der Waals surface area contributed by atoms with Crippen LogP contribution in [0.15, 0.2) is 48.5 Å². The number of anilines is 1. The highest BCUT2D eigenvalue weighted by molar-refractivity contribution is 5.49. The molecule has 0 bridgehead atoms. The number of benzene rings is 2. The quantitative estimate of drug-likeness (QED) is 0.886. The van der Waals surface area contributed by atoms with Crippen LogP contribution in [0.3, 0.4) is 0 Å². The number of nitrogens with two attached hydrogens (primary N) is 1. The molecule has 21 heavy (non-hydrogen) atoms. The standard InChI is InChI=1S/C17H21FN2O/c1-3-20(15-8-5-7-14(18)11-15)17(12-19)13-6-4-9-16(10-13)21-2/h4-11,17H,3,12,19H2,1-2H3. The van der Waals surface area contributed by atoms with Crippen LogP contribution < -0.4 is 15.4 Å². The van der Waals surface area contributed by atoms with Gasteiger partial charge >= 0.3 is 0 Å². The molecule has 0 amide bonds. The highest BCUT2D eigenvalue weighted by Crippen LogP contribution is 2.28. The van der Waals surface area contributed by atoms with Crippen molar-refractivity contribution in [3.05, 3.63) is 59.9 Å². The van der Waals surface area contributed by atoms with Crippen LogP contribution in [0.2, 0.25) is 0 Å². The minimum Gasteiger partial charge on any atom is -0.497 e. The van der Waals surface area contributed by atoms with Gasteiger partial charge < -0.3 is 15.4 Å². The van der Waals surface area contributed by atoms with E-state index in [9.17, 15) is 4.39 Å². The molecule has 3 nitrogen and oxygen atoms in total. The van der Waals surface area contributed by atoms with Gasteiger partial charge in [-0.05, 0) is 42.8 Å². The fraction of sp³-hybridized carbons (Fsp3) is 0.294. The summed E-state index contributed by atoms with van der Waals surface area (Å²) in [6.45, 7) is 3.22. The van der Waals surface area contributed by atoms with E-state index < -0.39 is 0 Å². The van der Waals surface area contributed by atoms with E-state index in [1.807, 2.05) is 37.3 Å². The van der Waals surface area contributed by atoms with E-state index in [0.29, 0.717) is 6.54 Å². The number of methoxy groups -OCH3 is 1. The molecule has 2 rings (SSSR count). The van der Waals surface area contributed by atoms with Crippen LogP contribution in [0.4, 0.5) is 10.1 Å². The third-order valence-electron chi connectivity index (χ3n) is 3.56. The Balaban J connectivity index is 2.37. The monoisotopic (exact) mass is 288 g/mol. The molecule has 0 aliphatic rings. The fourth-order valence-corrected chi connectivity index (χ4v) is 2.53. The van der Waals surface area contributed by atoms with E-state index in [1.165, 1.54) is 12.1 Å². The minimum atomic E-state index is -0.243. The number of hydrogen-bond acceptors (Lipinski definition) is 3. The fourth-order valence-electron chi connectivity index (χ4n) is 2.53. The second-order valence-electron chi connectivity index (χ2n) is 4.79. The maximum absolute atomic E-state index is 13.5. The van der Waals surface area contributed by atoms with Crippen molar-refractivity contribution in [1.29, 1.82) is 0 Å². The molecule has 1 unspecified atom stereocenters. The normalized spacial score (nSPS) is 12.0. The molecule has 0 fully saturated rings. The molecule has 2 aromatic rings. The highest BCUT2D eigenvalue weighted by Gasteiger charge is 2.19. The summed E-state index contributed by atoms with van der Waals surface area (Å²) < 4.78 is 18.7. The number of hydrogen-bond donors (Lipinski definition) is 1. The van der Waals surface area contributed by atoms with E-state index in [1.54, 1.807) is 13.2 Å². The van der Waals surface area contributed by atoms with Crippen LogP contribution >= 0.6 is 0 Å². The van der Waals surface area contributed by atoms with E-state index >= 15 is 0 Å². The van der Waals surface area contributed by atoms with Crippen LogP contribution in [0.5, 0.6) is 5.75 Å². The van der Waals surface area contributed by atoms with Gasteiger partial charge in [0.15, 0.2) is 0 Å². The van der Waals surface area contributed by atoms with Gasteiger partial charge in [-0.15, -0.1) is 0 Å². The minimum absolute atomic E-state index is 0.0214. The van der Waals surface area contributed by atoms with E-state index in [-0.39, 0.29) is 11.9 Å². The van der Waals surface area contributed by atoms with Crippen molar-refractivity contribution in [3.63, 3.8) is 0 Å². The SMILES string of the molecule is CCN(c1cccc(F)c1)C(CN)c1cccc(OC)c1. The van der Waals surface area contributed by atoms with Gasteiger partial charge in [-0.3, -0.25) is 0 Å². The van der Waals surface area contributed by atoms with Crippen LogP contribution in [0.1, 0.15) is 18.5 Å². The first-order valence-corrected chi connectivity index (χ1v) is 7.05. The predicted molar refractivity (Wildman–Crippen MR) is 84.2 cm³/mol. The lowest BCUT2D eigenvalue weighted by atomic mass is 10.0. The zero-order valence-corrected chi connectivity index (χ0v) is 12.4. The molecule has 0 aromatic heterocycles. The molecular weight excluding hydrogens is 267 g/mol. The molecule has 1 atom stereocenters. The molecule has 4 heteroatoms. The number of halogens is 1. The first-order chi connectivity index (χ1) is 10.2. The Morgan fingerprint density at radius 1 is 1.19 bits per heavy atom. The molecular formula is C17H21FN2O. The van der Waals surface area contributed by atoms with Gasteiger partial charge in [0.25, 0.3) is 0 Å². The number of ether oxygens (including phenoxy) is 1. The second kappa shape index (κ2) is 7.09. The van der Waals surface area contributed by atoms with Crippen molar-refractivity contribution in [3.8, 4) is 5.75 Å². The summed E-state index contributed by atoms with van der Waals surface area (Å²) in [4.78, 5) is 2.10. The number of likely N-dealkylation sites (N-methyl/N-ethyl adjacent to an activating group) is 1. The maximum atomic E-state index is 13.5. The molecule has 0 saturated carbocycles. The molecule has 0 saturated heterocycles. The summed E-state index contributed by atoms with van der Waals surface area (Å²) in [6.07, 6.45) is 0. The van der Waals surface area contributed by atoms with Crippen molar-refractivity contribution in [2.45, 2.75) is 13.0 Å². The first kappa shape index (κ1) is 15.3. The third-order valence-corrected chi connectivity index (χ3v) is 3.56. The second-order valence-corrected chi connectivity index (χ2v) is 4.79. The zero-order chi connectivity index (χ0) is 15.2. The lowest BCUT2D eigenvalue weighted by Crippen LogP contribution is -2.33. The van der Waals surface area contributed by atoms with Gasteiger partial charge in [-0.1, -0.05) is 18.2 Å². The summed E-state index contributed by atoms with van der Waals surface area (Å²) in [6, 6.07) is 14.4. The van der Waals surface area contributed by atoms with Crippen LogP contribution in [0.25, 0.3) is 0 Å². The number of nitrogens with zero attached hydrogens (tertiary/aromatic N) is 1. The van der Waals surface area contributed by atoms with Crippen LogP contribution in [-0.4, -0.2) is 20.2 Å². The summed E-state index contributed by atoms with van der Waals surface area (Å²) in [5.74, 6) is 0.550. The largest absolute Gasteiger partial charge is 0.497 e. The van der Waals surface area contributed by atoms with Gasteiger partial charge in [0, 0.05) is 18.8 Å². The Hall–Kier alpha value is -2.07. The van der Waals surface area contributed by atoms with Gasteiger partial charge in [0.2, 0.25) is 0 Å². The van der Waals surface area contributed by atoms with Crippen molar-refractivity contribution in [1.82, 2.24) is 0 Å². The molecule has 0 aliphatic carbocycles. The Morgan fingerprint density at radius 3 is 2.57 bits per heavy atom. The zero-order valence-electron chi connectivity index (χ0n) is 12.4. The van der Waals surface area contributed by atoms with Crippen molar-refractivity contribution >= 4 is 5.69 Å². The lowest BCUT2D eigenvalue weighted by molar-refractivity contribution is 0.413. The van der Waals surface area contributed by atoms with Crippen LogP contribution in [-0.2, 0) is 0 Å². The summed E-state index contributed by atoms with van der Waals surface area (Å²) in [5.41, 5.74) is 7.86. The topological polar surface area (TPSA) is 38.5 Å². The average molecular weight is 288 g/mol. The van der Waals surface area contributed by atoms with Gasteiger partial charge in [-0.25, -0.2) is 4.39 Å². The number of rotatable bonds is 6. The highest BCUT2D eigenvalue weighted by atomic mass is 19.1. The average Bonchev–Trinajstić information content (AvgIpc) is 2.52. The summed E-state index contributed by atoms with van der Waals surface area (Å²) >= 11 is 0. The maximum Gasteiger partial charge on any atom is 0.125 e. The third kappa shape index (κ3) is 3.52. The Kier molecular flexibility index (Phi) is 5.17. The van der Waals surface area contributed by atoms with Crippen molar-refractivity contribution < 1.29 is 9.13 Å². The van der Waals surface area contributed by atoms with E-state index in [4.69, 9.17) is 10.5 Å². The molecule has 0 spiro atoms. The molecule has 112 valence electrons.